The molecule has 140 valence electrons. The van der Waals surface area contributed by atoms with E-state index < -0.39 is 0 Å². The Morgan fingerprint density at radius 3 is 2.89 bits per heavy atom. The number of aromatic amines is 1. The molecule has 0 fully saturated rings. The van der Waals surface area contributed by atoms with Crippen molar-refractivity contribution in [3.8, 4) is 11.3 Å². The van der Waals surface area contributed by atoms with Crippen LogP contribution in [0.1, 0.15) is 18.2 Å². The third-order valence-corrected chi connectivity index (χ3v) is 4.26. The normalized spacial score (nSPS) is 10.8. The third-order valence-electron chi connectivity index (χ3n) is 4.26. The summed E-state index contributed by atoms with van der Waals surface area (Å²) < 4.78 is 0. The number of rotatable bonds is 6. The van der Waals surface area contributed by atoms with E-state index in [1.54, 1.807) is 18.6 Å². The van der Waals surface area contributed by atoms with Gasteiger partial charge in [0.25, 0.3) is 5.95 Å². The molecule has 0 aliphatic rings. The van der Waals surface area contributed by atoms with Gasteiger partial charge in [-0.3, -0.25) is 25.7 Å². The molecule has 3 aromatic heterocycles. The molecule has 0 bridgehead atoms. The van der Waals surface area contributed by atoms with Gasteiger partial charge in [-0.2, -0.15) is 5.10 Å². The van der Waals surface area contributed by atoms with Gasteiger partial charge < -0.3 is 0 Å². The molecule has 0 saturated carbocycles. The lowest BCUT2D eigenvalue weighted by Gasteiger charge is -2.07. The van der Waals surface area contributed by atoms with Gasteiger partial charge in [0.05, 0.1) is 24.3 Å². The number of H-pyrrole nitrogens is 1. The monoisotopic (exact) mass is 374 g/mol. The quantitative estimate of drug-likeness (QED) is 0.442. The van der Waals surface area contributed by atoms with Crippen molar-refractivity contribution in [3.05, 3.63) is 60.2 Å². The predicted molar refractivity (Wildman–Crippen MR) is 104 cm³/mol. The zero-order chi connectivity index (χ0) is 19.3. The van der Waals surface area contributed by atoms with Gasteiger partial charge in [0.15, 0.2) is 0 Å². The summed E-state index contributed by atoms with van der Waals surface area (Å²) in [5.41, 5.74) is 9.50. The van der Waals surface area contributed by atoms with Crippen LogP contribution in [0.4, 0.5) is 5.95 Å². The maximum atomic E-state index is 12.2. The number of nitrogens with zero attached hydrogens (tertiary/aromatic N) is 5. The Morgan fingerprint density at radius 2 is 2.07 bits per heavy atom. The van der Waals surface area contributed by atoms with Gasteiger partial charge in [0.2, 0.25) is 5.91 Å². The number of nitrogens with one attached hydrogen (secondary N) is 3. The highest BCUT2D eigenvalue weighted by atomic mass is 16.2. The van der Waals surface area contributed by atoms with Crippen molar-refractivity contribution in [1.82, 2.24) is 35.8 Å². The van der Waals surface area contributed by atoms with Crippen LogP contribution in [0.15, 0.2) is 48.9 Å². The number of hydrogen-bond acceptors (Lipinski definition) is 7. The van der Waals surface area contributed by atoms with E-state index in [0.717, 1.165) is 34.1 Å². The molecule has 0 saturated heterocycles. The summed E-state index contributed by atoms with van der Waals surface area (Å²) in [7, 11) is 0. The summed E-state index contributed by atoms with van der Waals surface area (Å²) in [6, 6.07) is 9.57. The standard InChI is InChI=1S/C19H18N8O/c1-2-15-14(10-22-23-15)17-11-21-19(26-24-17)27-25-18(28)9-12-5-6-16-13(8-12)4-3-7-20-16/h3-8,10-11H,2,9H2,1H3,(H,22,23)(H,25,28)(H,21,26,27). The summed E-state index contributed by atoms with van der Waals surface area (Å²) in [6.45, 7) is 2.02. The van der Waals surface area contributed by atoms with Crippen LogP contribution in [0.25, 0.3) is 22.2 Å². The van der Waals surface area contributed by atoms with Gasteiger partial charge in [-0.05, 0) is 30.2 Å². The Kier molecular flexibility index (Phi) is 4.87. The number of carbonyl (C=O) groups excluding carboxylic acids is 1. The first kappa shape index (κ1) is 17.5. The van der Waals surface area contributed by atoms with Crippen LogP contribution in [-0.4, -0.2) is 36.3 Å². The number of benzene rings is 1. The Labute approximate surface area is 160 Å². The molecule has 0 radical (unpaired) electrons. The van der Waals surface area contributed by atoms with Gasteiger partial charge in [-0.1, -0.05) is 19.1 Å². The van der Waals surface area contributed by atoms with Gasteiger partial charge in [0.1, 0.15) is 5.69 Å². The van der Waals surface area contributed by atoms with Crippen LogP contribution >= 0.6 is 0 Å². The van der Waals surface area contributed by atoms with Crippen LogP contribution in [0.2, 0.25) is 0 Å². The lowest BCUT2D eigenvalue weighted by Crippen LogP contribution is -2.31. The average Bonchev–Trinajstić information content (AvgIpc) is 3.21. The molecule has 0 atom stereocenters. The van der Waals surface area contributed by atoms with Gasteiger partial charge in [-0.15, -0.1) is 10.2 Å². The molecule has 0 aliphatic heterocycles. The molecular formula is C19H18N8O. The zero-order valence-electron chi connectivity index (χ0n) is 15.2. The predicted octanol–water partition coefficient (Wildman–Crippen LogP) is 2.06. The van der Waals surface area contributed by atoms with Gasteiger partial charge in [-0.25, -0.2) is 4.98 Å². The summed E-state index contributed by atoms with van der Waals surface area (Å²) in [4.78, 5) is 20.6. The van der Waals surface area contributed by atoms with Crippen molar-refractivity contribution >= 4 is 22.8 Å². The number of anilines is 1. The molecule has 9 heteroatoms. The van der Waals surface area contributed by atoms with E-state index in [-0.39, 0.29) is 18.3 Å². The second kappa shape index (κ2) is 7.78. The number of amides is 1. The molecule has 4 rings (SSSR count). The molecular weight excluding hydrogens is 356 g/mol. The van der Waals surface area contributed by atoms with Crippen molar-refractivity contribution in [2.24, 2.45) is 0 Å². The summed E-state index contributed by atoms with van der Waals surface area (Å²) in [5.74, 6) is 0.000348. The largest absolute Gasteiger partial charge is 0.282 e. The molecule has 3 heterocycles. The Morgan fingerprint density at radius 1 is 1.14 bits per heavy atom. The minimum Gasteiger partial charge on any atom is -0.282 e. The Bertz CT molecular complexity index is 1110. The zero-order valence-corrected chi connectivity index (χ0v) is 15.2. The first-order valence-electron chi connectivity index (χ1n) is 8.84. The topological polar surface area (TPSA) is 121 Å². The van der Waals surface area contributed by atoms with E-state index in [0.29, 0.717) is 5.69 Å². The number of pyridine rings is 1. The molecule has 4 aromatic rings. The fourth-order valence-electron chi connectivity index (χ4n) is 2.85. The molecule has 1 aromatic carbocycles. The van der Waals surface area contributed by atoms with Crippen LogP contribution in [0.3, 0.4) is 0 Å². The molecule has 9 nitrogen and oxygen atoms in total. The van der Waals surface area contributed by atoms with Gasteiger partial charge >= 0.3 is 0 Å². The second-order valence-corrected chi connectivity index (χ2v) is 6.16. The molecule has 0 unspecified atom stereocenters. The minimum absolute atomic E-state index is 0.209. The van der Waals surface area contributed by atoms with Gasteiger partial charge in [0, 0.05) is 22.8 Å². The van der Waals surface area contributed by atoms with E-state index >= 15 is 0 Å². The number of carbonyl (C=O) groups is 1. The number of aromatic nitrogens is 6. The Hall–Kier alpha value is -3.88. The highest BCUT2D eigenvalue weighted by molar-refractivity contribution is 5.83. The lowest BCUT2D eigenvalue weighted by molar-refractivity contribution is -0.119. The summed E-state index contributed by atoms with van der Waals surface area (Å²) in [5, 5.41) is 16.1. The van der Waals surface area contributed by atoms with E-state index in [1.165, 1.54) is 0 Å². The van der Waals surface area contributed by atoms with Crippen LogP contribution in [0, 0.1) is 0 Å². The highest BCUT2D eigenvalue weighted by Crippen LogP contribution is 2.19. The van der Waals surface area contributed by atoms with Crippen LogP contribution < -0.4 is 10.9 Å². The fraction of sp³-hybridized carbons (Fsp3) is 0.158. The van der Waals surface area contributed by atoms with Crippen molar-refractivity contribution in [2.45, 2.75) is 19.8 Å². The molecule has 28 heavy (non-hydrogen) atoms. The molecule has 0 aliphatic carbocycles. The fourth-order valence-corrected chi connectivity index (χ4v) is 2.85. The van der Waals surface area contributed by atoms with E-state index in [4.69, 9.17) is 0 Å². The average molecular weight is 374 g/mol. The minimum atomic E-state index is -0.209. The van der Waals surface area contributed by atoms with E-state index in [1.807, 2.05) is 37.3 Å². The first-order valence-corrected chi connectivity index (χ1v) is 8.84. The summed E-state index contributed by atoms with van der Waals surface area (Å²) >= 11 is 0. The third kappa shape index (κ3) is 3.78. The number of aryl methyl sites for hydroxylation is 1. The number of fused-ring (bicyclic) bond motifs is 1. The van der Waals surface area contributed by atoms with Crippen molar-refractivity contribution in [2.75, 3.05) is 5.43 Å². The Balaban J connectivity index is 1.36. The van der Waals surface area contributed by atoms with Crippen molar-refractivity contribution in [1.29, 1.82) is 0 Å². The van der Waals surface area contributed by atoms with Crippen molar-refractivity contribution in [3.63, 3.8) is 0 Å². The maximum Gasteiger partial charge on any atom is 0.261 e. The van der Waals surface area contributed by atoms with E-state index in [2.05, 4.69) is 41.2 Å². The van der Waals surface area contributed by atoms with E-state index in [9.17, 15) is 4.79 Å². The van der Waals surface area contributed by atoms with Crippen LogP contribution in [-0.2, 0) is 17.6 Å². The highest BCUT2D eigenvalue weighted by Gasteiger charge is 2.10. The van der Waals surface area contributed by atoms with Crippen molar-refractivity contribution < 1.29 is 4.79 Å². The maximum absolute atomic E-state index is 12.2. The second-order valence-electron chi connectivity index (χ2n) is 6.16. The first-order chi connectivity index (χ1) is 13.7. The summed E-state index contributed by atoms with van der Waals surface area (Å²) in [6.07, 6.45) is 6.05. The smallest absolute Gasteiger partial charge is 0.261 e. The SMILES string of the molecule is CCc1[nH]ncc1-c1cnc(NNC(=O)Cc2ccc3ncccc3c2)nn1. The molecule has 0 spiro atoms. The lowest BCUT2D eigenvalue weighted by atomic mass is 10.1. The number of hydrazine groups is 1. The molecule has 3 N–H and O–H groups in total. The molecule has 1 amide bonds. The van der Waals surface area contributed by atoms with Crippen LogP contribution in [0.5, 0.6) is 0 Å². The number of hydrogen-bond donors (Lipinski definition) is 3.